The lowest BCUT2D eigenvalue weighted by atomic mass is 10.0. The Balaban J connectivity index is 1.79. The molecule has 3 aromatic rings. The minimum Gasteiger partial charge on any atom is -0.377 e. The lowest BCUT2D eigenvalue weighted by Gasteiger charge is -2.26. The average Bonchev–Trinajstić information content (AvgIpc) is 3.21. The van der Waals surface area contributed by atoms with E-state index in [1.165, 1.54) is 4.31 Å². The Kier molecular flexibility index (Phi) is 6.49. The molecule has 1 N–H and O–H groups in total. The van der Waals surface area contributed by atoms with Crippen molar-refractivity contribution in [2.75, 3.05) is 13.2 Å². The standard InChI is InChI=1S/C26H32N2O4S/c1-16-9-19(4)25(20(5)10-16)33(30,31)28(15-23-7-6-8-32-23)14-22-13-21-11-17(2)18(3)12-24(21)27-26(22)29/h9-13,23H,6-8,14-15H2,1-5H3,(H,27,29). The van der Waals surface area contributed by atoms with Gasteiger partial charge in [0.05, 0.1) is 11.0 Å². The van der Waals surface area contributed by atoms with Crippen LogP contribution < -0.4 is 5.56 Å². The fraction of sp³-hybridized carbons (Fsp3) is 0.423. The summed E-state index contributed by atoms with van der Waals surface area (Å²) >= 11 is 0. The number of pyridine rings is 1. The number of aryl methyl sites for hydroxylation is 5. The van der Waals surface area contributed by atoms with Crippen LogP contribution in [0.4, 0.5) is 0 Å². The predicted molar refractivity (Wildman–Crippen MR) is 131 cm³/mol. The molecule has 1 unspecified atom stereocenters. The molecule has 1 fully saturated rings. The van der Waals surface area contributed by atoms with Crippen LogP contribution in [0.15, 0.2) is 40.0 Å². The van der Waals surface area contributed by atoms with Crippen LogP contribution in [0.3, 0.4) is 0 Å². The first-order valence-electron chi connectivity index (χ1n) is 11.4. The molecule has 0 bridgehead atoms. The van der Waals surface area contributed by atoms with Crippen molar-refractivity contribution in [3.8, 4) is 0 Å². The van der Waals surface area contributed by atoms with Crippen molar-refractivity contribution in [2.24, 2.45) is 0 Å². The predicted octanol–water partition coefficient (Wildman–Crippen LogP) is 4.44. The van der Waals surface area contributed by atoms with Crippen molar-refractivity contribution in [1.29, 1.82) is 0 Å². The number of aromatic nitrogens is 1. The van der Waals surface area contributed by atoms with E-state index in [-0.39, 0.29) is 24.8 Å². The van der Waals surface area contributed by atoms with E-state index in [4.69, 9.17) is 4.74 Å². The normalized spacial score (nSPS) is 16.7. The largest absolute Gasteiger partial charge is 0.377 e. The summed E-state index contributed by atoms with van der Waals surface area (Å²) in [5.74, 6) is 0. The number of nitrogens with zero attached hydrogens (tertiary/aromatic N) is 1. The maximum atomic E-state index is 13.9. The number of hydrogen-bond acceptors (Lipinski definition) is 4. The molecule has 1 saturated heterocycles. The SMILES string of the molecule is Cc1cc(C)c(S(=O)(=O)N(Cc2cc3cc(C)c(C)cc3[nH]c2=O)CC2CCCO2)c(C)c1. The Bertz CT molecular complexity index is 1350. The first-order chi connectivity index (χ1) is 15.6. The van der Waals surface area contributed by atoms with Crippen LogP contribution >= 0.6 is 0 Å². The third-order valence-electron chi connectivity index (χ3n) is 6.52. The van der Waals surface area contributed by atoms with Gasteiger partial charge in [-0.1, -0.05) is 17.7 Å². The van der Waals surface area contributed by atoms with Crippen LogP contribution in [0.2, 0.25) is 0 Å². The van der Waals surface area contributed by atoms with Gasteiger partial charge in [0.2, 0.25) is 10.0 Å². The lowest BCUT2D eigenvalue weighted by molar-refractivity contribution is 0.0925. The van der Waals surface area contributed by atoms with Crippen molar-refractivity contribution >= 4 is 20.9 Å². The molecule has 2 aromatic carbocycles. The number of ether oxygens (including phenoxy) is 1. The van der Waals surface area contributed by atoms with Crippen LogP contribution in [-0.4, -0.2) is 37.0 Å². The number of hydrogen-bond donors (Lipinski definition) is 1. The molecule has 176 valence electrons. The summed E-state index contributed by atoms with van der Waals surface area (Å²) in [4.78, 5) is 16.2. The molecule has 0 radical (unpaired) electrons. The van der Waals surface area contributed by atoms with Crippen molar-refractivity contribution in [1.82, 2.24) is 9.29 Å². The Morgan fingerprint density at radius 1 is 0.970 bits per heavy atom. The van der Waals surface area contributed by atoms with Crippen molar-refractivity contribution < 1.29 is 13.2 Å². The summed E-state index contributed by atoms with van der Waals surface area (Å²) in [5.41, 5.74) is 5.57. The van der Waals surface area contributed by atoms with Gasteiger partial charge >= 0.3 is 0 Å². The van der Waals surface area contributed by atoms with E-state index >= 15 is 0 Å². The van der Waals surface area contributed by atoms with E-state index in [1.807, 2.05) is 65.0 Å². The molecule has 0 aliphatic carbocycles. The van der Waals surface area contributed by atoms with Gasteiger partial charge in [0.15, 0.2) is 0 Å². The van der Waals surface area contributed by atoms with E-state index in [0.717, 1.165) is 40.4 Å². The molecule has 0 amide bonds. The lowest BCUT2D eigenvalue weighted by Crippen LogP contribution is -2.38. The monoisotopic (exact) mass is 468 g/mol. The number of sulfonamides is 1. The molecule has 33 heavy (non-hydrogen) atoms. The summed E-state index contributed by atoms with van der Waals surface area (Å²) in [6, 6.07) is 9.57. The maximum Gasteiger partial charge on any atom is 0.252 e. The van der Waals surface area contributed by atoms with Crippen LogP contribution in [-0.2, 0) is 21.3 Å². The second-order valence-electron chi connectivity index (χ2n) is 9.31. The van der Waals surface area contributed by atoms with Gasteiger partial charge in [0.1, 0.15) is 0 Å². The molecule has 4 rings (SSSR count). The molecule has 1 aliphatic rings. The fourth-order valence-electron chi connectivity index (χ4n) is 4.80. The highest BCUT2D eigenvalue weighted by Crippen LogP contribution is 2.28. The minimum absolute atomic E-state index is 0.00680. The highest BCUT2D eigenvalue weighted by molar-refractivity contribution is 7.89. The molecule has 0 spiro atoms. The molecule has 0 saturated carbocycles. The van der Waals surface area contributed by atoms with Gasteiger partial charge in [0.25, 0.3) is 5.56 Å². The second-order valence-corrected chi connectivity index (χ2v) is 11.2. The van der Waals surface area contributed by atoms with Crippen LogP contribution in [0, 0.1) is 34.6 Å². The summed E-state index contributed by atoms with van der Waals surface area (Å²) in [5, 5.41) is 0.893. The smallest absolute Gasteiger partial charge is 0.252 e. The zero-order chi connectivity index (χ0) is 23.9. The van der Waals surface area contributed by atoms with Gasteiger partial charge in [-0.05, 0) is 93.3 Å². The minimum atomic E-state index is -3.85. The van der Waals surface area contributed by atoms with Crippen molar-refractivity contribution in [2.45, 2.75) is 65.0 Å². The molecular formula is C26H32N2O4S. The molecule has 6 nitrogen and oxygen atoms in total. The van der Waals surface area contributed by atoms with E-state index in [1.54, 1.807) is 0 Å². The molecule has 1 aromatic heterocycles. The van der Waals surface area contributed by atoms with Crippen LogP contribution in [0.1, 0.15) is 46.2 Å². The molecule has 1 aliphatic heterocycles. The summed E-state index contributed by atoms with van der Waals surface area (Å²) in [7, 11) is -3.85. The molecular weight excluding hydrogens is 436 g/mol. The van der Waals surface area contributed by atoms with Crippen molar-refractivity contribution in [3.05, 3.63) is 74.1 Å². The topological polar surface area (TPSA) is 79.5 Å². The zero-order valence-electron chi connectivity index (χ0n) is 20.0. The first-order valence-corrected chi connectivity index (χ1v) is 12.8. The van der Waals surface area contributed by atoms with Gasteiger partial charge in [-0.3, -0.25) is 4.79 Å². The molecule has 1 atom stereocenters. The van der Waals surface area contributed by atoms with Gasteiger partial charge in [-0.25, -0.2) is 8.42 Å². The number of rotatable bonds is 6. The van der Waals surface area contributed by atoms with Crippen LogP contribution in [0.5, 0.6) is 0 Å². The Hall–Kier alpha value is -2.48. The second kappa shape index (κ2) is 9.05. The van der Waals surface area contributed by atoms with Crippen LogP contribution in [0.25, 0.3) is 10.9 Å². The number of aromatic amines is 1. The number of nitrogens with one attached hydrogen (secondary N) is 1. The van der Waals surface area contributed by atoms with E-state index in [9.17, 15) is 13.2 Å². The molecule has 2 heterocycles. The average molecular weight is 469 g/mol. The van der Waals surface area contributed by atoms with Gasteiger partial charge in [-0.2, -0.15) is 4.31 Å². The molecule has 7 heteroatoms. The third-order valence-corrected chi connectivity index (χ3v) is 8.63. The third kappa shape index (κ3) is 4.76. The Morgan fingerprint density at radius 2 is 1.64 bits per heavy atom. The summed E-state index contributed by atoms with van der Waals surface area (Å²) < 4.78 is 35.0. The number of benzene rings is 2. The van der Waals surface area contributed by atoms with Gasteiger partial charge in [0, 0.05) is 30.8 Å². The first kappa shape index (κ1) is 23.7. The fourth-order valence-corrected chi connectivity index (χ4v) is 6.66. The van der Waals surface area contributed by atoms with E-state index in [0.29, 0.717) is 28.2 Å². The summed E-state index contributed by atoms with van der Waals surface area (Å²) in [6.45, 7) is 10.5. The summed E-state index contributed by atoms with van der Waals surface area (Å²) in [6.07, 6.45) is 1.55. The van der Waals surface area contributed by atoms with Gasteiger partial charge in [-0.15, -0.1) is 0 Å². The van der Waals surface area contributed by atoms with E-state index in [2.05, 4.69) is 4.98 Å². The maximum absolute atomic E-state index is 13.9. The van der Waals surface area contributed by atoms with Crippen molar-refractivity contribution in [3.63, 3.8) is 0 Å². The number of fused-ring (bicyclic) bond motifs is 1. The Labute approximate surface area is 195 Å². The number of H-pyrrole nitrogens is 1. The zero-order valence-corrected chi connectivity index (χ0v) is 20.8. The van der Waals surface area contributed by atoms with Gasteiger partial charge < -0.3 is 9.72 Å². The quantitative estimate of drug-likeness (QED) is 0.580. The van der Waals surface area contributed by atoms with E-state index < -0.39 is 10.0 Å². The Morgan fingerprint density at radius 3 is 2.27 bits per heavy atom. The highest BCUT2D eigenvalue weighted by Gasteiger charge is 2.32. The highest BCUT2D eigenvalue weighted by atomic mass is 32.2.